The van der Waals surface area contributed by atoms with Crippen molar-refractivity contribution in [3.05, 3.63) is 47.3 Å². The fourth-order valence-electron chi connectivity index (χ4n) is 1.90. The molecule has 0 bridgehead atoms. The van der Waals surface area contributed by atoms with Crippen LogP contribution >= 0.6 is 0 Å². The van der Waals surface area contributed by atoms with Gasteiger partial charge in [-0.15, -0.1) is 5.10 Å². The summed E-state index contributed by atoms with van der Waals surface area (Å²) in [5, 5.41) is 17.8. The number of hydrogen-bond donors (Lipinski definition) is 1. The van der Waals surface area contributed by atoms with Gasteiger partial charge < -0.3 is 5.11 Å². The SMILES string of the molecule is Cc1ccccc1CC(O)Cc1cn(C)nn1. The van der Waals surface area contributed by atoms with Crippen LogP contribution in [0.25, 0.3) is 0 Å². The molecule has 1 heterocycles. The summed E-state index contributed by atoms with van der Waals surface area (Å²) in [4.78, 5) is 0. The van der Waals surface area contributed by atoms with Gasteiger partial charge in [0.15, 0.2) is 0 Å². The Morgan fingerprint density at radius 2 is 2.06 bits per heavy atom. The number of aromatic nitrogens is 3. The maximum absolute atomic E-state index is 10.0. The Morgan fingerprint density at radius 3 is 2.71 bits per heavy atom. The van der Waals surface area contributed by atoms with Crippen LogP contribution in [0.3, 0.4) is 0 Å². The normalized spacial score (nSPS) is 12.6. The van der Waals surface area contributed by atoms with Crippen molar-refractivity contribution in [2.45, 2.75) is 25.9 Å². The lowest BCUT2D eigenvalue weighted by atomic mass is 10.0. The third kappa shape index (κ3) is 3.14. The Morgan fingerprint density at radius 1 is 1.29 bits per heavy atom. The smallest absolute Gasteiger partial charge is 0.0852 e. The lowest BCUT2D eigenvalue weighted by Gasteiger charge is -2.10. The Kier molecular flexibility index (Phi) is 3.54. The van der Waals surface area contributed by atoms with E-state index in [4.69, 9.17) is 0 Å². The third-order valence-electron chi connectivity index (χ3n) is 2.81. The summed E-state index contributed by atoms with van der Waals surface area (Å²) in [7, 11) is 1.82. The fourth-order valence-corrected chi connectivity index (χ4v) is 1.90. The van der Waals surface area contributed by atoms with Gasteiger partial charge >= 0.3 is 0 Å². The first kappa shape index (κ1) is 11.8. The molecule has 0 aliphatic carbocycles. The average Bonchev–Trinajstić information content (AvgIpc) is 2.67. The van der Waals surface area contributed by atoms with E-state index in [9.17, 15) is 5.11 Å². The zero-order valence-corrected chi connectivity index (χ0v) is 10.2. The summed E-state index contributed by atoms with van der Waals surface area (Å²) in [6, 6.07) is 8.12. The van der Waals surface area contributed by atoms with E-state index in [0.717, 1.165) is 5.69 Å². The first-order valence-electron chi connectivity index (χ1n) is 5.73. The highest BCUT2D eigenvalue weighted by Gasteiger charge is 2.10. The van der Waals surface area contributed by atoms with Crippen LogP contribution in [0.1, 0.15) is 16.8 Å². The summed E-state index contributed by atoms with van der Waals surface area (Å²) in [6.45, 7) is 2.06. The summed E-state index contributed by atoms with van der Waals surface area (Å²) >= 11 is 0. The van der Waals surface area contributed by atoms with Crippen LogP contribution in [0.15, 0.2) is 30.5 Å². The van der Waals surface area contributed by atoms with E-state index in [-0.39, 0.29) is 0 Å². The molecule has 1 aromatic heterocycles. The van der Waals surface area contributed by atoms with Crippen LogP contribution in [0.5, 0.6) is 0 Å². The van der Waals surface area contributed by atoms with Crippen LogP contribution in [-0.4, -0.2) is 26.2 Å². The van der Waals surface area contributed by atoms with Crippen LogP contribution in [0.2, 0.25) is 0 Å². The Balaban J connectivity index is 1.98. The van der Waals surface area contributed by atoms with Crippen LogP contribution in [0, 0.1) is 6.92 Å². The molecule has 2 rings (SSSR count). The summed E-state index contributed by atoms with van der Waals surface area (Å²) < 4.78 is 1.65. The van der Waals surface area contributed by atoms with Crippen molar-refractivity contribution in [2.75, 3.05) is 0 Å². The molecule has 0 fully saturated rings. The second-order valence-electron chi connectivity index (χ2n) is 4.37. The molecule has 4 nitrogen and oxygen atoms in total. The lowest BCUT2D eigenvalue weighted by Crippen LogP contribution is -2.14. The van der Waals surface area contributed by atoms with Gasteiger partial charge in [-0.05, 0) is 24.5 Å². The highest BCUT2D eigenvalue weighted by Crippen LogP contribution is 2.11. The quantitative estimate of drug-likeness (QED) is 0.862. The summed E-state index contributed by atoms with van der Waals surface area (Å²) in [6.07, 6.45) is 2.62. The number of hydrogen-bond acceptors (Lipinski definition) is 3. The second-order valence-corrected chi connectivity index (χ2v) is 4.37. The molecule has 2 aromatic rings. The standard InChI is InChI=1S/C13H17N3O/c1-10-5-3-4-6-11(10)7-13(17)8-12-9-16(2)15-14-12/h3-6,9,13,17H,7-8H2,1-2H3. The molecule has 90 valence electrons. The molecule has 0 aliphatic heterocycles. The van der Waals surface area contributed by atoms with E-state index >= 15 is 0 Å². The molecule has 0 saturated carbocycles. The highest BCUT2D eigenvalue weighted by atomic mass is 16.3. The van der Waals surface area contributed by atoms with E-state index in [0.29, 0.717) is 12.8 Å². The monoisotopic (exact) mass is 231 g/mol. The van der Waals surface area contributed by atoms with Crippen LogP contribution < -0.4 is 0 Å². The number of aliphatic hydroxyl groups excluding tert-OH is 1. The molecule has 0 spiro atoms. The minimum absolute atomic E-state index is 0.409. The first-order chi connectivity index (χ1) is 8.15. The predicted octanol–water partition coefficient (Wildman–Crippen LogP) is 1.27. The van der Waals surface area contributed by atoms with Gasteiger partial charge in [0, 0.05) is 19.7 Å². The molecule has 1 unspecified atom stereocenters. The van der Waals surface area contributed by atoms with Gasteiger partial charge in [0.1, 0.15) is 0 Å². The molecule has 4 heteroatoms. The Labute approximate surface area is 101 Å². The number of benzene rings is 1. The van der Waals surface area contributed by atoms with Gasteiger partial charge in [-0.3, -0.25) is 4.68 Å². The second kappa shape index (κ2) is 5.10. The van der Waals surface area contributed by atoms with Crippen molar-refractivity contribution in [2.24, 2.45) is 7.05 Å². The van der Waals surface area contributed by atoms with E-state index in [1.807, 2.05) is 25.4 Å². The molecule has 0 radical (unpaired) electrons. The molecule has 0 amide bonds. The molecule has 1 aromatic carbocycles. The number of rotatable bonds is 4. The molecular weight excluding hydrogens is 214 g/mol. The predicted molar refractivity (Wildman–Crippen MR) is 65.6 cm³/mol. The maximum atomic E-state index is 10.0. The molecule has 17 heavy (non-hydrogen) atoms. The molecular formula is C13H17N3O. The number of aliphatic hydroxyl groups is 1. The zero-order valence-electron chi connectivity index (χ0n) is 10.2. The van der Waals surface area contributed by atoms with Crippen LogP contribution in [-0.2, 0) is 19.9 Å². The minimum atomic E-state index is -0.409. The molecule has 1 atom stereocenters. The van der Waals surface area contributed by atoms with Gasteiger partial charge in [0.05, 0.1) is 11.8 Å². The van der Waals surface area contributed by atoms with Gasteiger partial charge in [0.25, 0.3) is 0 Å². The number of nitrogens with zero attached hydrogens (tertiary/aromatic N) is 3. The first-order valence-corrected chi connectivity index (χ1v) is 5.73. The fraction of sp³-hybridized carbons (Fsp3) is 0.385. The summed E-state index contributed by atoms with van der Waals surface area (Å²) in [5.41, 5.74) is 3.23. The van der Waals surface area contributed by atoms with E-state index in [1.54, 1.807) is 4.68 Å². The van der Waals surface area contributed by atoms with E-state index in [1.165, 1.54) is 11.1 Å². The van der Waals surface area contributed by atoms with E-state index < -0.39 is 6.10 Å². The van der Waals surface area contributed by atoms with Crippen molar-refractivity contribution in [3.8, 4) is 0 Å². The average molecular weight is 231 g/mol. The van der Waals surface area contributed by atoms with Crippen molar-refractivity contribution >= 4 is 0 Å². The zero-order chi connectivity index (χ0) is 12.3. The lowest BCUT2D eigenvalue weighted by molar-refractivity contribution is 0.174. The minimum Gasteiger partial charge on any atom is -0.392 e. The van der Waals surface area contributed by atoms with Crippen molar-refractivity contribution in [3.63, 3.8) is 0 Å². The summed E-state index contributed by atoms with van der Waals surface area (Å²) in [5.74, 6) is 0. The van der Waals surface area contributed by atoms with Gasteiger partial charge in [-0.1, -0.05) is 29.5 Å². The van der Waals surface area contributed by atoms with Crippen molar-refractivity contribution in [1.29, 1.82) is 0 Å². The van der Waals surface area contributed by atoms with Crippen molar-refractivity contribution < 1.29 is 5.11 Å². The van der Waals surface area contributed by atoms with Gasteiger partial charge in [0.2, 0.25) is 0 Å². The molecule has 0 aliphatic rings. The maximum Gasteiger partial charge on any atom is 0.0852 e. The third-order valence-corrected chi connectivity index (χ3v) is 2.81. The highest BCUT2D eigenvalue weighted by molar-refractivity contribution is 5.26. The Hall–Kier alpha value is -1.68. The molecule has 1 N–H and O–H groups in total. The largest absolute Gasteiger partial charge is 0.392 e. The van der Waals surface area contributed by atoms with Crippen molar-refractivity contribution in [1.82, 2.24) is 15.0 Å². The van der Waals surface area contributed by atoms with Gasteiger partial charge in [-0.25, -0.2) is 0 Å². The van der Waals surface area contributed by atoms with Gasteiger partial charge in [-0.2, -0.15) is 0 Å². The number of aryl methyl sites for hydroxylation is 2. The Bertz CT molecular complexity index is 493. The molecule has 0 saturated heterocycles. The van der Waals surface area contributed by atoms with E-state index in [2.05, 4.69) is 29.4 Å². The van der Waals surface area contributed by atoms with Crippen LogP contribution in [0.4, 0.5) is 0 Å². The topological polar surface area (TPSA) is 50.9 Å².